The number of hydrogen-bond acceptors (Lipinski definition) is 4. The lowest BCUT2D eigenvalue weighted by atomic mass is 10.1. The quantitative estimate of drug-likeness (QED) is 0.531. The molecule has 1 N–H and O–H groups in total. The van der Waals surface area contributed by atoms with E-state index < -0.39 is 0 Å². The van der Waals surface area contributed by atoms with Crippen molar-refractivity contribution in [1.82, 2.24) is 9.38 Å². The molecule has 6 heteroatoms. The molecule has 120 valence electrons. The molecule has 24 heavy (non-hydrogen) atoms. The molecule has 0 radical (unpaired) electrons. The van der Waals surface area contributed by atoms with Gasteiger partial charge in [-0.2, -0.15) is 0 Å². The normalized spacial score (nSPS) is 12.5. The van der Waals surface area contributed by atoms with Crippen molar-refractivity contribution in [3.05, 3.63) is 66.4 Å². The van der Waals surface area contributed by atoms with Crippen molar-refractivity contribution in [2.24, 2.45) is 0 Å². The van der Waals surface area contributed by atoms with Gasteiger partial charge < -0.3 is 5.11 Å². The first-order valence-electron chi connectivity index (χ1n) is 7.37. The number of imidazole rings is 1. The fourth-order valence-electron chi connectivity index (χ4n) is 2.70. The third-order valence-electron chi connectivity index (χ3n) is 4.17. The van der Waals surface area contributed by atoms with Crippen molar-refractivity contribution in [2.45, 2.75) is 13.8 Å². The number of hydrogen-bond donors (Lipinski definition) is 1. The third kappa shape index (κ3) is 2.25. The molecular formula is C18H13BrN2O2S. The minimum Gasteiger partial charge on any atom is -0.508 e. The second-order valence-electron chi connectivity index (χ2n) is 5.74. The second-order valence-corrected chi connectivity index (χ2v) is 7.54. The molecule has 4 nitrogen and oxygen atoms in total. The zero-order valence-corrected chi connectivity index (χ0v) is 15.4. The Morgan fingerprint density at radius 3 is 2.67 bits per heavy atom. The number of aromatic nitrogens is 2. The number of halogens is 1. The van der Waals surface area contributed by atoms with Gasteiger partial charge in [0.1, 0.15) is 11.3 Å². The summed E-state index contributed by atoms with van der Waals surface area (Å²) in [6.45, 7) is 4.06. The molecule has 0 amide bonds. The molecule has 0 saturated heterocycles. The first-order valence-corrected chi connectivity index (χ1v) is 8.98. The van der Waals surface area contributed by atoms with Gasteiger partial charge in [-0.3, -0.25) is 4.79 Å². The fourth-order valence-corrected chi connectivity index (χ4v) is 4.28. The van der Waals surface area contributed by atoms with Crippen LogP contribution in [-0.2, 0) is 0 Å². The Kier molecular flexibility index (Phi) is 3.47. The van der Waals surface area contributed by atoms with Gasteiger partial charge in [-0.15, -0.1) is 0 Å². The highest BCUT2D eigenvalue weighted by atomic mass is 79.9. The predicted octanol–water partition coefficient (Wildman–Crippen LogP) is 3.54. The topological polar surface area (TPSA) is 54.6 Å². The van der Waals surface area contributed by atoms with Gasteiger partial charge in [0.2, 0.25) is 0 Å². The van der Waals surface area contributed by atoms with E-state index in [4.69, 9.17) is 0 Å². The summed E-state index contributed by atoms with van der Waals surface area (Å²) < 4.78 is 3.24. The Bertz CT molecular complexity index is 1210. The average Bonchev–Trinajstić information content (AvgIpc) is 3.05. The van der Waals surface area contributed by atoms with Crippen molar-refractivity contribution in [1.29, 1.82) is 0 Å². The van der Waals surface area contributed by atoms with E-state index >= 15 is 0 Å². The van der Waals surface area contributed by atoms with E-state index in [9.17, 15) is 9.90 Å². The van der Waals surface area contributed by atoms with Crippen molar-refractivity contribution >= 4 is 49.3 Å². The van der Waals surface area contributed by atoms with E-state index in [0.29, 0.717) is 9.49 Å². The number of thiazole rings is 1. The fraction of sp³-hybridized carbons (Fsp3) is 0.111. The molecule has 4 rings (SSSR count). The van der Waals surface area contributed by atoms with Crippen molar-refractivity contribution in [3.63, 3.8) is 0 Å². The van der Waals surface area contributed by atoms with Crippen molar-refractivity contribution < 1.29 is 5.11 Å². The maximum absolute atomic E-state index is 12.8. The lowest BCUT2D eigenvalue weighted by molar-refractivity contribution is 0.475. The molecule has 2 aromatic heterocycles. The molecule has 0 fully saturated rings. The summed E-state index contributed by atoms with van der Waals surface area (Å²) in [5.41, 5.74) is 4.69. The Labute approximate surface area is 149 Å². The third-order valence-corrected chi connectivity index (χ3v) is 6.11. The molecule has 0 unspecified atom stereocenters. The van der Waals surface area contributed by atoms with Gasteiger partial charge in [-0.1, -0.05) is 23.5 Å². The molecule has 0 spiro atoms. The first-order chi connectivity index (χ1) is 11.5. The molecular weight excluding hydrogens is 388 g/mol. The lowest BCUT2D eigenvalue weighted by Crippen LogP contribution is -2.22. The van der Waals surface area contributed by atoms with E-state index in [-0.39, 0.29) is 11.3 Å². The Morgan fingerprint density at radius 2 is 1.96 bits per heavy atom. The van der Waals surface area contributed by atoms with E-state index in [1.54, 1.807) is 28.7 Å². The number of benzene rings is 2. The zero-order valence-electron chi connectivity index (χ0n) is 13.0. The molecule has 0 aliphatic carbocycles. The van der Waals surface area contributed by atoms with E-state index in [1.807, 2.05) is 26.0 Å². The maximum atomic E-state index is 12.8. The van der Waals surface area contributed by atoms with Gasteiger partial charge in [-0.25, -0.2) is 9.38 Å². The number of nitrogens with zero attached hydrogens (tertiary/aromatic N) is 2. The van der Waals surface area contributed by atoms with Gasteiger partial charge in [0.15, 0.2) is 4.96 Å². The number of aryl methyl sites for hydroxylation is 1. The zero-order chi connectivity index (χ0) is 17.0. The summed E-state index contributed by atoms with van der Waals surface area (Å²) in [6, 6.07) is 8.77. The van der Waals surface area contributed by atoms with Gasteiger partial charge in [0.05, 0.1) is 10.0 Å². The average molecular weight is 401 g/mol. The van der Waals surface area contributed by atoms with Crippen LogP contribution in [0.4, 0.5) is 0 Å². The predicted molar refractivity (Wildman–Crippen MR) is 101 cm³/mol. The smallest absolute Gasteiger partial charge is 0.274 e. The second kappa shape index (κ2) is 5.43. The van der Waals surface area contributed by atoms with Crippen LogP contribution in [0.3, 0.4) is 0 Å². The molecule has 0 bridgehead atoms. The van der Waals surface area contributed by atoms with Crippen LogP contribution in [-0.4, -0.2) is 14.5 Å². The van der Waals surface area contributed by atoms with Crippen LogP contribution in [0.1, 0.15) is 16.7 Å². The highest BCUT2D eigenvalue weighted by Crippen LogP contribution is 2.30. The molecule has 0 atom stereocenters. The maximum Gasteiger partial charge on any atom is 0.274 e. The minimum atomic E-state index is -0.0688. The summed E-state index contributed by atoms with van der Waals surface area (Å²) in [5, 5.41) is 9.36. The summed E-state index contributed by atoms with van der Waals surface area (Å²) in [5.74, 6) is 0.206. The van der Waals surface area contributed by atoms with E-state index in [1.165, 1.54) is 11.3 Å². The van der Waals surface area contributed by atoms with Gasteiger partial charge in [0, 0.05) is 4.47 Å². The number of rotatable bonds is 1. The highest BCUT2D eigenvalue weighted by molar-refractivity contribution is 9.10. The summed E-state index contributed by atoms with van der Waals surface area (Å²) >= 11 is 4.96. The SMILES string of the molecule is Cc1cc2c(nc3sc(=Cc4ccc(O)cc4)c(=O)n32)c(Br)c1C. The minimum absolute atomic E-state index is 0.0688. The standard InChI is InChI=1S/C18H13BrN2O2S/c1-9-7-13-16(15(19)10(9)2)20-18-21(13)17(23)14(24-18)8-11-3-5-12(22)6-4-11/h3-8,22H,1-2H3. The van der Waals surface area contributed by atoms with Crippen molar-refractivity contribution in [2.75, 3.05) is 0 Å². The summed E-state index contributed by atoms with van der Waals surface area (Å²) in [7, 11) is 0. The van der Waals surface area contributed by atoms with Crippen LogP contribution in [0.5, 0.6) is 5.75 Å². The van der Waals surface area contributed by atoms with Gasteiger partial charge in [-0.05, 0) is 70.7 Å². The van der Waals surface area contributed by atoms with Crippen LogP contribution in [0.2, 0.25) is 0 Å². The van der Waals surface area contributed by atoms with Crippen molar-refractivity contribution in [3.8, 4) is 5.75 Å². The van der Waals surface area contributed by atoms with E-state index in [2.05, 4.69) is 20.9 Å². The molecule has 0 saturated carbocycles. The Morgan fingerprint density at radius 1 is 1.25 bits per heavy atom. The number of aromatic hydroxyl groups is 1. The highest BCUT2D eigenvalue weighted by Gasteiger charge is 2.15. The summed E-state index contributed by atoms with van der Waals surface area (Å²) in [6.07, 6.45) is 1.82. The Balaban J connectivity index is 2.03. The molecule has 2 aromatic carbocycles. The largest absolute Gasteiger partial charge is 0.508 e. The first kappa shape index (κ1) is 15.4. The molecule has 0 aliphatic rings. The van der Waals surface area contributed by atoms with E-state index in [0.717, 1.165) is 32.2 Å². The monoisotopic (exact) mass is 400 g/mol. The van der Waals surface area contributed by atoms with Crippen LogP contribution in [0.15, 0.2) is 39.6 Å². The van der Waals surface area contributed by atoms with Gasteiger partial charge >= 0.3 is 0 Å². The van der Waals surface area contributed by atoms with Crippen LogP contribution in [0.25, 0.3) is 22.1 Å². The van der Waals surface area contributed by atoms with Crippen LogP contribution in [0, 0.1) is 13.8 Å². The number of phenolic OH excluding ortho intramolecular Hbond substituents is 1. The molecule has 2 heterocycles. The molecule has 4 aromatic rings. The van der Waals surface area contributed by atoms with Crippen LogP contribution >= 0.6 is 27.3 Å². The Hall–Kier alpha value is -2.18. The lowest BCUT2D eigenvalue weighted by Gasteiger charge is -2.03. The molecule has 0 aliphatic heterocycles. The van der Waals surface area contributed by atoms with Gasteiger partial charge in [0.25, 0.3) is 5.56 Å². The van der Waals surface area contributed by atoms with Crippen LogP contribution < -0.4 is 10.1 Å². The number of phenols is 1. The number of fused-ring (bicyclic) bond motifs is 3. The summed E-state index contributed by atoms with van der Waals surface area (Å²) in [4.78, 5) is 18.1.